The van der Waals surface area contributed by atoms with Crippen LogP contribution < -0.4 is 16.0 Å². The maximum absolute atomic E-state index is 11.7. The Morgan fingerprint density at radius 3 is 2.65 bits per heavy atom. The highest BCUT2D eigenvalue weighted by Crippen LogP contribution is 2.37. The molecule has 0 saturated carbocycles. The molecule has 0 spiro atoms. The minimum Gasteiger partial charge on any atom is -0.494 e. The van der Waals surface area contributed by atoms with Crippen molar-refractivity contribution in [3.63, 3.8) is 0 Å². The lowest BCUT2D eigenvalue weighted by molar-refractivity contribution is 0.416. The van der Waals surface area contributed by atoms with Gasteiger partial charge in [-0.25, -0.2) is 4.98 Å². The zero-order chi connectivity index (χ0) is 14.9. The molecule has 2 aromatic rings. The standard InChI is InChI=1S/C11H8Cl2N4O3/c1-20-8-5(2-4(12)3-6(8)13)10-15-9(14)7(17-19)11(18)16-10/h2-3H,1H3,(H3,14,15,16,18). The third-order valence-electron chi connectivity index (χ3n) is 2.48. The average molecular weight is 315 g/mol. The van der Waals surface area contributed by atoms with Gasteiger partial charge in [-0.15, -0.1) is 4.91 Å². The van der Waals surface area contributed by atoms with E-state index < -0.39 is 11.2 Å². The van der Waals surface area contributed by atoms with E-state index in [1.807, 2.05) is 0 Å². The Bertz CT molecular complexity index is 745. The van der Waals surface area contributed by atoms with Crippen LogP contribution in [0.5, 0.6) is 5.75 Å². The number of nitrogen functional groups attached to an aromatic ring is 1. The van der Waals surface area contributed by atoms with Gasteiger partial charge in [-0.1, -0.05) is 23.2 Å². The average Bonchev–Trinajstić information content (AvgIpc) is 2.37. The van der Waals surface area contributed by atoms with Crippen LogP contribution in [0.25, 0.3) is 11.4 Å². The number of anilines is 1. The predicted molar refractivity (Wildman–Crippen MR) is 76.7 cm³/mol. The van der Waals surface area contributed by atoms with Crippen molar-refractivity contribution in [3.05, 3.63) is 37.4 Å². The van der Waals surface area contributed by atoms with Crippen LogP contribution >= 0.6 is 23.2 Å². The number of aromatic nitrogens is 2. The molecule has 0 bridgehead atoms. The van der Waals surface area contributed by atoms with Gasteiger partial charge in [0, 0.05) is 5.02 Å². The number of nitrogens with zero attached hydrogens (tertiary/aromatic N) is 2. The predicted octanol–water partition coefficient (Wildman–Crippen LogP) is 2.73. The lowest BCUT2D eigenvalue weighted by Gasteiger charge is -2.10. The molecule has 0 unspecified atom stereocenters. The van der Waals surface area contributed by atoms with Crippen LogP contribution in [-0.2, 0) is 0 Å². The Kier molecular flexibility index (Phi) is 3.91. The van der Waals surface area contributed by atoms with Crippen molar-refractivity contribution in [2.45, 2.75) is 0 Å². The van der Waals surface area contributed by atoms with Gasteiger partial charge in [0.2, 0.25) is 5.69 Å². The molecule has 20 heavy (non-hydrogen) atoms. The normalized spacial score (nSPS) is 10.3. The van der Waals surface area contributed by atoms with E-state index in [2.05, 4.69) is 15.1 Å². The SMILES string of the molecule is COc1c(Cl)cc(Cl)cc1-c1nc(N)c(N=O)c(=O)[nH]1. The zero-order valence-electron chi connectivity index (χ0n) is 10.1. The number of aromatic amines is 1. The van der Waals surface area contributed by atoms with Crippen LogP contribution in [0.1, 0.15) is 0 Å². The number of hydrogen-bond donors (Lipinski definition) is 2. The second-order valence-electron chi connectivity index (χ2n) is 3.71. The van der Waals surface area contributed by atoms with E-state index in [9.17, 15) is 9.70 Å². The fourth-order valence-electron chi connectivity index (χ4n) is 1.64. The van der Waals surface area contributed by atoms with Gasteiger partial charge in [-0.2, -0.15) is 0 Å². The van der Waals surface area contributed by atoms with Gasteiger partial charge in [0.1, 0.15) is 11.6 Å². The van der Waals surface area contributed by atoms with E-state index in [0.29, 0.717) is 10.6 Å². The first-order valence-electron chi connectivity index (χ1n) is 5.24. The Labute approximate surface area is 122 Å². The lowest BCUT2D eigenvalue weighted by atomic mass is 10.2. The molecule has 104 valence electrons. The second-order valence-corrected chi connectivity index (χ2v) is 4.55. The molecule has 0 radical (unpaired) electrons. The quantitative estimate of drug-likeness (QED) is 0.846. The first-order valence-corrected chi connectivity index (χ1v) is 6.00. The first-order chi connectivity index (χ1) is 9.47. The first kappa shape index (κ1) is 14.3. The van der Waals surface area contributed by atoms with Gasteiger partial charge < -0.3 is 15.5 Å². The number of halogens is 2. The van der Waals surface area contributed by atoms with Gasteiger partial charge in [-0.3, -0.25) is 4.79 Å². The highest BCUT2D eigenvalue weighted by Gasteiger charge is 2.17. The monoisotopic (exact) mass is 314 g/mol. The molecular weight excluding hydrogens is 307 g/mol. The largest absolute Gasteiger partial charge is 0.494 e. The van der Waals surface area contributed by atoms with E-state index in [-0.39, 0.29) is 22.4 Å². The summed E-state index contributed by atoms with van der Waals surface area (Å²) in [6.45, 7) is 0. The molecule has 0 aliphatic carbocycles. The van der Waals surface area contributed by atoms with Gasteiger partial charge >= 0.3 is 0 Å². The number of rotatable bonds is 3. The topological polar surface area (TPSA) is 110 Å². The molecule has 0 aliphatic heterocycles. The number of hydrogen-bond acceptors (Lipinski definition) is 6. The minimum atomic E-state index is -0.763. The van der Waals surface area contributed by atoms with Crippen LogP contribution in [0.3, 0.4) is 0 Å². The highest BCUT2D eigenvalue weighted by atomic mass is 35.5. The Morgan fingerprint density at radius 1 is 1.40 bits per heavy atom. The van der Waals surface area contributed by atoms with Crippen molar-refractivity contribution in [2.24, 2.45) is 5.18 Å². The number of nitrogens with one attached hydrogen (secondary N) is 1. The molecule has 1 heterocycles. The van der Waals surface area contributed by atoms with Crippen LogP contribution in [0, 0.1) is 4.91 Å². The molecule has 0 saturated heterocycles. The maximum Gasteiger partial charge on any atom is 0.282 e. The second kappa shape index (κ2) is 5.48. The smallest absolute Gasteiger partial charge is 0.282 e. The van der Waals surface area contributed by atoms with Crippen LogP contribution in [-0.4, -0.2) is 17.1 Å². The number of nitroso groups, excluding NO2 is 1. The van der Waals surface area contributed by atoms with Crippen molar-refractivity contribution >= 4 is 34.7 Å². The lowest BCUT2D eigenvalue weighted by Crippen LogP contribution is -2.12. The van der Waals surface area contributed by atoms with Crippen LogP contribution in [0.2, 0.25) is 10.0 Å². The van der Waals surface area contributed by atoms with E-state index >= 15 is 0 Å². The Morgan fingerprint density at radius 2 is 2.10 bits per heavy atom. The summed E-state index contributed by atoms with van der Waals surface area (Å²) < 4.78 is 5.14. The number of ether oxygens (including phenoxy) is 1. The molecule has 1 aromatic carbocycles. The molecule has 7 nitrogen and oxygen atoms in total. The third-order valence-corrected chi connectivity index (χ3v) is 2.98. The summed E-state index contributed by atoms with van der Waals surface area (Å²) in [6.07, 6.45) is 0. The fraction of sp³-hybridized carbons (Fsp3) is 0.0909. The number of methoxy groups -OCH3 is 1. The van der Waals surface area contributed by atoms with Gasteiger partial charge in [0.25, 0.3) is 5.56 Å². The van der Waals surface area contributed by atoms with Crippen molar-refractivity contribution in [3.8, 4) is 17.1 Å². The number of benzene rings is 1. The van der Waals surface area contributed by atoms with Gasteiger partial charge in [0.05, 0.1) is 17.7 Å². The molecule has 0 amide bonds. The summed E-state index contributed by atoms with van der Waals surface area (Å²) in [5.74, 6) is 0.0449. The minimum absolute atomic E-state index is 0.0705. The molecule has 2 rings (SSSR count). The van der Waals surface area contributed by atoms with E-state index in [4.69, 9.17) is 33.7 Å². The summed E-state index contributed by atoms with van der Waals surface area (Å²) in [6, 6.07) is 2.98. The molecule has 0 aliphatic rings. The molecular formula is C11H8Cl2N4O3. The maximum atomic E-state index is 11.7. The van der Waals surface area contributed by atoms with Crippen LogP contribution in [0.4, 0.5) is 11.5 Å². The van der Waals surface area contributed by atoms with Crippen LogP contribution in [0.15, 0.2) is 22.1 Å². The third kappa shape index (κ3) is 2.45. The fourth-order valence-corrected chi connectivity index (χ4v) is 2.21. The number of nitrogens with two attached hydrogens (primary N) is 1. The number of H-pyrrole nitrogens is 1. The van der Waals surface area contributed by atoms with Crippen molar-refractivity contribution in [1.82, 2.24) is 9.97 Å². The van der Waals surface area contributed by atoms with Crippen molar-refractivity contribution in [1.29, 1.82) is 0 Å². The summed E-state index contributed by atoms with van der Waals surface area (Å²) in [5, 5.41) is 3.09. The van der Waals surface area contributed by atoms with E-state index in [1.165, 1.54) is 19.2 Å². The summed E-state index contributed by atoms with van der Waals surface area (Å²) in [7, 11) is 1.40. The highest BCUT2D eigenvalue weighted by molar-refractivity contribution is 6.36. The van der Waals surface area contributed by atoms with Crippen molar-refractivity contribution < 1.29 is 4.74 Å². The molecule has 1 aromatic heterocycles. The van der Waals surface area contributed by atoms with Gasteiger partial charge in [-0.05, 0) is 17.3 Å². The van der Waals surface area contributed by atoms with Gasteiger partial charge in [0.15, 0.2) is 5.82 Å². The summed E-state index contributed by atoms with van der Waals surface area (Å²) in [5.41, 5.74) is 4.60. The molecule has 0 atom stereocenters. The molecule has 9 heteroatoms. The Hall–Kier alpha value is -2.12. The molecule has 0 fully saturated rings. The van der Waals surface area contributed by atoms with E-state index in [0.717, 1.165) is 0 Å². The Balaban J connectivity index is 2.75. The molecule has 3 N–H and O–H groups in total. The summed E-state index contributed by atoms with van der Waals surface area (Å²) in [4.78, 5) is 28.4. The van der Waals surface area contributed by atoms with E-state index in [1.54, 1.807) is 0 Å². The van der Waals surface area contributed by atoms with Crippen molar-refractivity contribution in [2.75, 3.05) is 12.8 Å². The zero-order valence-corrected chi connectivity index (χ0v) is 11.6. The summed E-state index contributed by atoms with van der Waals surface area (Å²) >= 11 is 11.9.